The number of carbonyl (C=O) groups is 1. The van der Waals surface area contributed by atoms with Gasteiger partial charge in [-0.15, -0.1) is 0 Å². The van der Waals surface area contributed by atoms with E-state index in [0.29, 0.717) is 12.0 Å². The van der Waals surface area contributed by atoms with E-state index >= 15 is 0 Å². The highest BCUT2D eigenvalue weighted by Crippen LogP contribution is 2.52. The van der Waals surface area contributed by atoms with Crippen LogP contribution in [0.15, 0.2) is 66.2 Å². The number of nitrogens with one attached hydrogen (secondary N) is 1. The van der Waals surface area contributed by atoms with E-state index in [9.17, 15) is 9.18 Å². The van der Waals surface area contributed by atoms with Gasteiger partial charge in [0, 0.05) is 28.8 Å². The summed E-state index contributed by atoms with van der Waals surface area (Å²) >= 11 is 0. The highest BCUT2D eigenvalue weighted by atomic mass is 19.1. The van der Waals surface area contributed by atoms with E-state index in [1.54, 1.807) is 12.1 Å². The second kappa shape index (κ2) is 6.03. The fourth-order valence-electron chi connectivity index (χ4n) is 4.78. The van der Waals surface area contributed by atoms with Crippen molar-refractivity contribution in [3.05, 3.63) is 83.2 Å². The van der Waals surface area contributed by atoms with Crippen LogP contribution in [0.25, 0.3) is 16.3 Å². The Kier molecular flexibility index (Phi) is 3.70. The molecule has 5 rings (SSSR count). The molecule has 1 aliphatic heterocycles. The Morgan fingerprint density at radius 1 is 0.964 bits per heavy atom. The zero-order valence-electron chi connectivity index (χ0n) is 16.1. The molecule has 0 radical (unpaired) electrons. The molecule has 1 atom stereocenters. The topological polar surface area (TPSA) is 29.1 Å². The van der Waals surface area contributed by atoms with Gasteiger partial charge in [0.15, 0.2) is 5.78 Å². The van der Waals surface area contributed by atoms with Gasteiger partial charge in [-0.25, -0.2) is 4.39 Å². The highest BCUT2D eigenvalue weighted by molar-refractivity contribution is 6.12. The van der Waals surface area contributed by atoms with Crippen LogP contribution in [-0.2, 0) is 4.79 Å². The van der Waals surface area contributed by atoms with Crippen LogP contribution in [0, 0.1) is 11.2 Å². The van der Waals surface area contributed by atoms with Gasteiger partial charge in [-0.1, -0.05) is 62.4 Å². The Hall–Kier alpha value is -2.94. The maximum atomic E-state index is 14.7. The standard InChI is InChI=1S/C25H22FNO/c1-25(2)13-18-22-16-8-4-3-7-15(16)11-12-20(22)27-24(23(18)21(28)14-25)17-9-5-6-10-19(17)26/h3-12,24,27H,13-14H2,1-2H3/t24-/m1/s1. The van der Waals surface area contributed by atoms with Crippen molar-refractivity contribution in [1.29, 1.82) is 0 Å². The molecule has 1 N–H and O–H groups in total. The minimum atomic E-state index is -0.450. The zero-order chi connectivity index (χ0) is 19.5. The monoisotopic (exact) mass is 371 g/mol. The summed E-state index contributed by atoms with van der Waals surface area (Å²) in [6.45, 7) is 4.28. The summed E-state index contributed by atoms with van der Waals surface area (Å²) in [7, 11) is 0. The Balaban J connectivity index is 1.83. The van der Waals surface area contributed by atoms with Crippen molar-refractivity contribution in [2.24, 2.45) is 5.41 Å². The van der Waals surface area contributed by atoms with Gasteiger partial charge < -0.3 is 5.32 Å². The number of fused-ring (bicyclic) bond motifs is 4. The number of rotatable bonds is 1. The molecule has 3 aromatic rings. The number of carbonyl (C=O) groups excluding carboxylic acids is 1. The van der Waals surface area contributed by atoms with E-state index in [-0.39, 0.29) is 17.0 Å². The van der Waals surface area contributed by atoms with E-state index in [0.717, 1.165) is 39.6 Å². The van der Waals surface area contributed by atoms with Crippen molar-refractivity contribution in [2.45, 2.75) is 32.7 Å². The molecule has 0 fully saturated rings. The number of halogens is 1. The Morgan fingerprint density at radius 3 is 2.54 bits per heavy atom. The first-order valence-electron chi connectivity index (χ1n) is 9.74. The molecule has 0 unspecified atom stereocenters. The van der Waals surface area contributed by atoms with Gasteiger partial charge in [0.2, 0.25) is 0 Å². The third-order valence-electron chi connectivity index (χ3n) is 5.96. The van der Waals surface area contributed by atoms with Gasteiger partial charge in [0.05, 0.1) is 6.04 Å². The molecular weight excluding hydrogens is 349 g/mol. The molecular formula is C25H22FNO. The SMILES string of the molecule is CC1(C)CC(=O)C2=C(C1)c1c(ccc3ccccc13)N[C@@H]2c1ccccc1F. The summed E-state index contributed by atoms with van der Waals surface area (Å²) in [6.07, 6.45) is 1.29. The molecule has 1 aliphatic carbocycles. The number of hydrogen-bond donors (Lipinski definition) is 1. The van der Waals surface area contributed by atoms with Crippen LogP contribution < -0.4 is 5.32 Å². The Morgan fingerprint density at radius 2 is 1.71 bits per heavy atom. The van der Waals surface area contributed by atoms with Crippen molar-refractivity contribution in [1.82, 2.24) is 0 Å². The molecule has 0 bridgehead atoms. The highest BCUT2D eigenvalue weighted by Gasteiger charge is 2.41. The van der Waals surface area contributed by atoms with Gasteiger partial charge in [-0.2, -0.15) is 0 Å². The first kappa shape index (κ1) is 17.2. The molecule has 1 heterocycles. The minimum absolute atomic E-state index is 0.110. The molecule has 3 aromatic carbocycles. The lowest BCUT2D eigenvalue weighted by atomic mass is 9.68. The lowest BCUT2D eigenvalue weighted by Crippen LogP contribution is -2.33. The van der Waals surface area contributed by atoms with Gasteiger partial charge in [-0.3, -0.25) is 4.79 Å². The number of benzene rings is 3. The third-order valence-corrected chi connectivity index (χ3v) is 5.96. The summed E-state index contributed by atoms with van der Waals surface area (Å²) in [4.78, 5) is 13.3. The molecule has 2 nitrogen and oxygen atoms in total. The second-order valence-corrected chi connectivity index (χ2v) is 8.64. The first-order chi connectivity index (χ1) is 13.4. The average molecular weight is 371 g/mol. The third kappa shape index (κ3) is 2.57. The Labute approximate surface area is 164 Å². The van der Waals surface area contributed by atoms with Crippen LogP contribution in [0.4, 0.5) is 10.1 Å². The van der Waals surface area contributed by atoms with E-state index in [1.165, 1.54) is 6.07 Å². The van der Waals surface area contributed by atoms with Crippen LogP contribution in [0.3, 0.4) is 0 Å². The zero-order valence-corrected chi connectivity index (χ0v) is 16.1. The number of Topliss-reactive ketones (excluding diaryl/α,β-unsaturated/α-hetero) is 1. The summed E-state index contributed by atoms with van der Waals surface area (Å²) in [6, 6.07) is 18.7. The lowest BCUT2D eigenvalue weighted by molar-refractivity contribution is -0.118. The van der Waals surface area contributed by atoms with E-state index in [1.807, 2.05) is 18.2 Å². The molecule has 0 amide bonds. The molecule has 2 aliphatic rings. The van der Waals surface area contributed by atoms with Crippen LogP contribution in [0.5, 0.6) is 0 Å². The smallest absolute Gasteiger partial charge is 0.162 e. The summed E-state index contributed by atoms with van der Waals surface area (Å²) < 4.78 is 14.7. The van der Waals surface area contributed by atoms with Crippen molar-refractivity contribution in [2.75, 3.05) is 5.32 Å². The van der Waals surface area contributed by atoms with Crippen LogP contribution in [-0.4, -0.2) is 5.78 Å². The molecule has 3 heteroatoms. The molecule has 0 aromatic heterocycles. The predicted octanol–water partition coefficient (Wildman–Crippen LogP) is 6.29. The van der Waals surface area contributed by atoms with Crippen molar-refractivity contribution in [3.8, 4) is 0 Å². The second-order valence-electron chi connectivity index (χ2n) is 8.64. The maximum absolute atomic E-state index is 14.7. The van der Waals surface area contributed by atoms with Crippen molar-refractivity contribution < 1.29 is 9.18 Å². The molecule has 0 saturated carbocycles. The fourth-order valence-corrected chi connectivity index (χ4v) is 4.78. The predicted molar refractivity (Wildman–Crippen MR) is 112 cm³/mol. The normalized spacial score (nSPS) is 20.5. The van der Waals surface area contributed by atoms with E-state index < -0.39 is 6.04 Å². The first-order valence-corrected chi connectivity index (χ1v) is 9.74. The molecule has 0 spiro atoms. The molecule has 28 heavy (non-hydrogen) atoms. The van der Waals surface area contributed by atoms with Crippen LogP contribution >= 0.6 is 0 Å². The number of allylic oxidation sites excluding steroid dienone is 1. The van der Waals surface area contributed by atoms with Gasteiger partial charge >= 0.3 is 0 Å². The van der Waals surface area contributed by atoms with Gasteiger partial charge in [-0.05, 0) is 40.3 Å². The Bertz CT molecular complexity index is 1160. The lowest BCUT2D eigenvalue weighted by Gasteiger charge is -2.40. The molecule has 140 valence electrons. The minimum Gasteiger partial charge on any atom is -0.373 e. The maximum Gasteiger partial charge on any atom is 0.162 e. The van der Waals surface area contributed by atoms with Crippen LogP contribution in [0.1, 0.15) is 43.9 Å². The van der Waals surface area contributed by atoms with E-state index in [2.05, 4.69) is 43.4 Å². The van der Waals surface area contributed by atoms with Gasteiger partial charge in [0.1, 0.15) is 5.82 Å². The number of hydrogen-bond acceptors (Lipinski definition) is 2. The van der Waals surface area contributed by atoms with Crippen molar-refractivity contribution >= 4 is 27.8 Å². The number of anilines is 1. The largest absolute Gasteiger partial charge is 0.373 e. The van der Waals surface area contributed by atoms with E-state index in [4.69, 9.17) is 0 Å². The van der Waals surface area contributed by atoms with Gasteiger partial charge in [0.25, 0.3) is 0 Å². The molecule has 0 saturated heterocycles. The summed E-state index contributed by atoms with van der Waals surface area (Å²) in [5.41, 5.74) is 4.29. The number of ketones is 1. The quantitative estimate of drug-likeness (QED) is 0.545. The summed E-state index contributed by atoms with van der Waals surface area (Å²) in [5.74, 6) is -0.167. The van der Waals surface area contributed by atoms with Crippen molar-refractivity contribution in [3.63, 3.8) is 0 Å². The fraction of sp³-hybridized carbons (Fsp3) is 0.240. The summed E-state index contributed by atoms with van der Waals surface area (Å²) in [5, 5.41) is 5.77. The average Bonchev–Trinajstić information content (AvgIpc) is 2.66. The van der Waals surface area contributed by atoms with Crippen LogP contribution in [0.2, 0.25) is 0 Å².